The number of nitrogens with zero attached hydrogens (tertiary/aromatic N) is 3. The Hall–Kier alpha value is -4.66. The maximum absolute atomic E-state index is 10.8. The smallest absolute Gasteiger partial charge is 0.269 e. The minimum Gasteiger partial charge on any atom is -0.507 e. The number of benzene rings is 3. The second-order valence-corrected chi connectivity index (χ2v) is 7.08. The average Bonchev–Trinajstić information content (AvgIpc) is 2.83. The average molecular weight is 444 g/mol. The molecule has 0 saturated heterocycles. The fourth-order valence-electron chi connectivity index (χ4n) is 3.35. The van der Waals surface area contributed by atoms with Crippen LogP contribution in [0.15, 0.2) is 72.9 Å². The Morgan fingerprint density at radius 3 is 2.48 bits per heavy atom. The van der Waals surface area contributed by atoms with Gasteiger partial charge in [-0.1, -0.05) is 18.2 Å². The van der Waals surface area contributed by atoms with E-state index in [2.05, 4.69) is 9.97 Å². The summed E-state index contributed by atoms with van der Waals surface area (Å²) in [7, 11) is 1.57. The molecule has 1 aromatic heterocycles. The number of nitro benzene ring substituents is 1. The van der Waals surface area contributed by atoms with Crippen molar-refractivity contribution in [2.45, 2.75) is 6.61 Å². The van der Waals surface area contributed by atoms with Crippen molar-refractivity contribution in [1.82, 2.24) is 9.97 Å². The van der Waals surface area contributed by atoms with Gasteiger partial charge >= 0.3 is 0 Å². The Morgan fingerprint density at radius 2 is 1.79 bits per heavy atom. The first-order valence-electron chi connectivity index (χ1n) is 9.91. The van der Waals surface area contributed by atoms with Crippen LogP contribution in [0.2, 0.25) is 0 Å². The van der Waals surface area contributed by atoms with Crippen LogP contribution in [0.1, 0.15) is 5.56 Å². The van der Waals surface area contributed by atoms with Gasteiger partial charge in [0, 0.05) is 41.1 Å². The van der Waals surface area contributed by atoms with Crippen LogP contribution in [0.25, 0.3) is 22.4 Å². The molecule has 0 aliphatic rings. The summed E-state index contributed by atoms with van der Waals surface area (Å²) in [4.78, 5) is 18.8. The summed E-state index contributed by atoms with van der Waals surface area (Å²) in [5, 5.41) is 21.5. The minimum absolute atomic E-state index is 0.00993. The maximum Gasteiger partial charge on any atom is 0.269 e. The number of phenols is 1. The van der Waals surface area contributed by atoms with Crippen LogP contribution in [-0.2, 0) is 6.61 Å². The number of ether oxygens (including phenoxy) is 2. The maximum atomic E-state index is 10.8. The number of hydrogen-bond donors (Lipinski definition) is 2. The van der Waals surface area contributed by atoms with Gasteiger partial charge in [0.05, 0.1) is 17.7 Å². The topological polar surface area (TPSA) is 134 Å². The molecule has 9 nitrogen and oxygen atoms in total. The number of para-hydroxylation sites is 1. The lowest BCUT2D eigenvalue weighted by atomic mass is 9.99. The molecule has 0 amide bonds. The Kier molecular flexibility index (Phi) is 6.03. The molecule has 0 unspecified atom stereocenters. The Balaban J connectivity index is 1.62. The molecule has 0 fully saturated rings. The van der Waals surface area contributed by atoms with Crippen molar-refractivity contribution >= 4 is 11.6 Å². The first-order valence-corrected chi connectivity index (χ1v) is 9.91. The highest BCUT2D eigenvalue weighted by atomic mass is 16.6. The summed E-state index contributed by atoms with van der Waals surface area (Å²) in [5.41, 5.74) is 8.91. The number of non-ortho nitro benzene ring substituents is 1. The molecule has 0 bridgehead atoms. The molecule has 0 atom stereocenters. The van der Waals surface area contributed by atoms with E-state index in [9.17, 15) is 15.2 Å². The van der Waals surface area contributed by atoms with E-state index in [1.807, 2.05) is 24.3 Å². The van der Waals surface area contributed by atoms with Gasteiger partial charge in [0.25, 0.3) is 5.69 Å². The van der Waals surface area contributed by atoms with Gasteiger partial charge in [0.2, 0.25) is 5.95 Å². The van der Waals surface area contributed by atoms with E-state index >= 15 is 0 Å². The van der Waals surface area contributed by atoms with Crippen LogP contribution >= 0.6 is 0 Å². The van der Waals surface area contributed by atoms with Crippen LogP contribution in [0.3, 0.4) is 0 Å². The van der Waals surface area contributed by atoms with Crippen LogP contribution in [0.4, 0.5) is 11.6 Å². The summed E-state index contributed by atoms with van der Waals surface area (Å²) >= 11 is 0. The van der Waals surface area contributed by atoms with Crippen LogP contribution in [0, 0.1) is 10.1 Å². The molecule has 0 spiro atoms. The molecule has 0 radical (unpaired) electrons. The largest absolute Gasteiger partial charge is 0.507 e. The number of nitrogen functional groups attached to an aromatic ring is 1. The first-order chi connectivity index (χ1) is 16.0. The number of nitro groups is 1. The highest BCUT2D eigenvalue weighted by molar-refractivity contribution is 5.86. The van der Waals surface area contributed by atoms with Gasteiger partial charge in [-0.2, -0.15) is 0 Å². The number of hydrogen-bond acceptors (Lipinski definition) is 8. The summed E-state index contributed by atoms with van der Waals surface area (Å²) < 4.78 is 11.2. The predicted octanol–water partition coefficient (Wildman–Crippen LogP) is 4.59. The van der Waals surface area contributed by atoms with Crippen molar-refractivity contribution < 1.29 is 19.5 Å². The van der Waals surface area contributed by atoms with Gasteiger partial charge in [-0.15, -0.1) is 0 Å². The molecule has 166 valence electrons. The lowest BCUT2D eigenvalue weighted by Crippen LogP contribution is -2.00. The van der Waals surface area contributed by atoms with Crippen LogP contribution < -0.4 is 15.2 Å². The number of methoxy groups -OCH3 is 1. The van der Waals surface area contributed by atoms with Gasteiger partial charge in [-0.05, 0) is 35.9 Å². The number of aromatic nitrogens is 2. The molecule has 0 saturated carbocycles. The number of phenolic OH excluding ortho intramolecular Hbond substituents is 1. The quantitative estimate of drug-likeness (QED) is 0.312. The van der Waals surface area contributed by atoms with E-state index in [-0.39, 0.29) is 24.0 Å². The van der Waals surface area contributed by atoms with E-state index in [0.29, 0.717) is 28.3 Å². The van der Waals surface area contributed by atoms with E-state index in [4.69, 9.17) is 15.2 Å². The summed E-state index contributed by atoms with van der Waals surface area (Å²) in [5.74, 6) is 1.08. The highest BCUT2D eigenvalue weighted by Crippen LogP contribution is 2.40. The summed E-state index contributed by atoms with van der Waals surface area (Å²) in [6, 6.07) is 18.3. The zero-order chi connectivity index (χ0) is 23.4. The molecule has 3 aromatic carbocycles. The van der Waals surface area contributed by atoms with Gasteiger partial charge < -0.3 is 20.3 Å². The molecule has 3 N–H and O–H groups in total. The van der Waals surface area contributed by atoms with Gasteiger partial charge in [-0.3, -0.25) is 10.1 Å². The monoisotopic (exact) mass is 444 g/mol. The van der Waals surface area contributed by atoms with Crippen molar-refractivity contribution in [2.24, 2.45) is 0 Å². The fourth-order valence-corrected chi connectivity index (χ4v) is 3.35. The first kappa shape index (κ1) is 21.6. The Bertz CT molecular complexity index is 1310. The standard InChI is InChI=1S/C24H20N4O5/c1-32-22-5-3-2-4-18(22)20-13-26-24(25)27-23(20)19-11-10-17(12-21(19)29)33-14-15-6-8-16(9-7-15)28(30)31/h2-13,29H,14H2,1H3,(H2,25,26,27). The van der Waals surface area contributed by atoms with E-state index in [0.717, 1.165) is 11.1 Å². The van der Waals surface area contributed by atoms with Crippen LogP contribution in [0.5, 0.6) is 17.2 Å². The molecule has 1 heterocycles. The molecular formula is C24H20N4O5. The molecule has 0 aliphatic carbocycles. The predicted molar refractivity (Wildman–Crippen MR) is 123 cm³/mol. The van der Waals surface area contributed by atoms with E-state index in [1.54, 1.807) is 37.6 Å². The van der Waals surface area contributed by atoms with Gasteiger partial charge in [-0.25, -0.2) is 9.97 Å². The highest BCUT2D eigenvalue weighted by Gasteiger charge is 2.17. The molecule has 9 heteroatoms. The Morgan fingerprint density at radius 1 is 1.03 bits per heavy atom. The number of nitrogens with two attached hydrogens (primary N) is 1. The number of aromatic hydroxyl groups is 1. The fraction of sp³-hybridized carbons (Fsp3) is 0.0833. The summed E-state index contributed by atoms with van der Waals surface area (Å²) in [6.45, 7) is 0.184. The summed E-state index contributed by atoms with van der Waals surface area (Å²) in [6.07, 6.45) is 1.59. The van der Waals surface area contributed by atoms with Crippen molar-refractivity contribution in [3.05, 3.63) is 88.6 Å². The van der Waals surface area contributed by atoms with Crippen molar-refractivity contribution in [3.8, 4) is 39.6 Å². The Labute approximate surface area is 189 Å². The van der Waals surface area contributed by atoms with E-state index in [1.165, 1.54) is 18.2 Å². The lowest BCUT2D eigenvalue weighted by molar-refractivity contribution is -0.384. The third kappa shape index (κ3) is 4.67. The van der Waals surface area contributed by atoms with Crippen molar-refractivity contribution in [3.63, 3.8) is 0 Å². The number of rotatable bonds is 7. The van der Waals surface area contributed by atoms with Crippen molar-refractivity contribution in [2.75, 3.05) is 12.8 Å². The third-order valence-corrected chi connectivity index (χ3v) is 4.98. The lowest BCUT2D eigenvalue weighted by Gasteiger charge is -2.14. The molecular weight excluding hydrogens is 424 g/mol. The normalized spacial score (nSPS) is 10.6. The second-order valence-electron chi connectivity index (χ2n) is 7.08. The second kappa shape index (κ2) is 9.23. The van der Waals surface area contributed by atoms with Crippen LogP contribution in [-0.4, -0.2) is 27.1 Å². The molecule has 33 heavy (non-hydrogen) atoms. The molecule has 4 aromatic rings. The third-order valence-electron chi connectivity index (χ3n) is 4.98. The number of anilines is 1. The zero-order valence-electron chi connectivity index (χ0n) is 17.6. The van der Waals surface area contributed by atoms with Crippen molar-refractivity contribution in [1.29, 1.82) is 0 Å². The van der Waals surface area contributed by atoms with Gasteiger partial charge in [0.15, 0.2) is 0 Å². The zero-order valence-corrected chi connectivity index (χ0v) is 17.6. The molecule has 0 aliphatic heterocycles. The molecule has 4 rings (SSSR count). The van der Waals surface area contributed by atoms with Gasteiger partial charge in [0.1, 0.15) is 23.9 Å². The minimum atomic E-state index is -0.458. The SMILES string of the molecule is COc1ccccc1-c1cnc(N)nc1-c1ccc(OCc2ccc([N+](=O)[O-])cc2)cc1O. The van der Waals surface area contributed by atoms with E-state index < -0.39 is 4.92 Å².